The lowest BCUT2D eigenvalue weighted by atomic mass is 10.1. The van der Waals surface area contributed by atoms with Crippen LogP contribution in [0.4, 0.5) is 5.69 Å². The topological polar surface area (TPSA) is 75.6 Å². The van der Waals surface area contributed by atoms with E-state index in [1.165, 1.54) is 18.2 Å². The predicted molar refractivity (Wildman–Crippen MR) is 52.1 cm³/mol. The molecule has 0 saturated heterocycles. The van der Waals surface area contributed by atoms with Gasteiger partial charge in [-0.1, -0.05) is 0 Å². The molecule has 0 aliphatic carbocycles. The summed E-state index contributed by atoms with van der Waals surface area (Å²) in [7, 11) is 0. The molecule has 0 aromatic heterocycles. The van der Waals surface area contributed by atoms with Gasteiger partial charge in [0.2, 0.25) is 0 Å². The molecule has 0 saturated carbocycles. The average Bonchev–Trinajstić information content (AvgIpc) is 2.19. The van der Waals surface area contributed by atoms with E-state index in [2.05, 4.69) is 5.32 Å². The zero-order chi connectivity index (χ0) is 11.0. The Labute approximate surface area is 85.7 Å². The van der Waals surface area contributed by atoms with Crippen molar-refractivity contribution < 1.29 is 19.4 Å². The van der Waals surface area contributed by atoms with Crippen LogP contribution in [0.15, 0.2) is 18.2 Å². The molecule has 1 amide bonds. The Hall–Kier alpha value is -2.04. The second kappa shape index (κ2) is 3.27. The normalized spacial score (nSPS) is 18.7. The van der Waals surface area contributed by atoms with E-state index in [0.29, 0.717) is 11.4 Å². The molecule has 78 valence electrons. The highest BCUT2D eigenvalue weighted by Crippen LogP contribution is 2.30. The number of amides is 1. The summed E-state index contributed by atoms with van der Waals surface area (Å²) in [4.78, 5) is 21.9. The van der Waals surface area contributed by atoms with Crippen molar-refractivity contribution in [2.24, 2.45) is 0 Å². The number of ether oxygens (including phenoxy) is 1. The Bertz CT molecular complexity index is 441. The quantitative estimate of drug-likeness (QED) is 0.723. The minimum Gasteiger partial charge on any atom is -0.479 e. The maximum atomic E-state index is 11.2. The minimum absolute atomic E-state index is 0.136. The van der Waals surface area contributed by atoms with Crippen molar-refractivity contribution in [3.05, 3.63) is 23.8 Å². The van der Waals surface area contributed by atoms with Gasteiger partial charge in [0.1, 0.15) is 5.75 Å². The van der Waals surface area contributed by atoms with Crippen LogP contribution in [0.3, 0.4) is 0 Å². The molecule has 0 bridgehead atoms. The number of nitrogens with one attached hydrogen (secondary N) is 1. The van der Waals surface area contributed by atoms with Crippen LogP contribution >= 0.6 is 0 Å². The van der Waals surface area contributed by atoms with E-state index < -0.39 is 12.1 Å². The molecule has 1 heterocycles. The molecule has 1 aliphatic rings. The third-order valence-corrected chi connectivity index (χ3v) is 2.16. The molecule has 5 nitrogen and oxygen atoms in total. The lowest BCUT2D eigenvalue weighted by Crippen LogP contribution is -2.34. The largest absolute Gasteiger partial charge is 0.479 e. The van der Waals surface area contributed by atoms with Crippen LogP contribution in [0.25, 0.3) is 0 Å². The highest BCUT2D eigenvalue weighted by atomic mass is 16.5. The van der Waals surface area contributed by atoms with Crippen LogP contribution in [0.5, 0.6) is 5.75 Å². The number of anilines is 1. The summed E-state index contributed by atoms with van der Waals surface area (Å²) >= 11 is 0. The molecular formula is C10H9NO4. The molecule has 0 spiro atoms. The van der Waals surface area contributed by atoms with Crippen molar-refractivity contribution in [1.82, 2.24) is 0 Å². The van der Waals surface area contributed by atoms with Crippen LogP contribution in [-0.2, 0) is 4.79 Å². The Morgan fingerprint density at radius 3 is 2.93 bits per heavy atom. The number of carboxylic acid groups (broad SMARTS) is 1. The fraction of sp³-hybridized carbons (Fsp3) is 0.200. The fourth-order valence-electron chi connectivity index (χ4n) is 1.33. The smallest absolute Gasteiger partial charge is 0.335 e. The molecule has 2 rings (SSSR count). The van der Waals surface area contributed by atoms with E-state index in [9.17, 15) is 9.59 Å². The van der Waals surface area contributed by atoms with Gasteiger partial charge in [-0.2, -0.15) is 0 Å². The van der Waals surface area contributed by atoms with Gasteiger partial charge in [-0.3, -0.25) is 4.79 Å². The van der Waals surface area contributed by atoms with Crippen molar-refractivity contribution in [2.45, 2.75) is 13.0 Å². The van der Waals surface area contributed by atoms with Crippen LogP contribution in [0.2, 0.25) is 0 Å². The van der Waals surface area contributed by atoms with Crippen molar-refractivity contribution >= 4 is 17.6 Å². The maximum absolute atomic E-state index is 11.2. The van der Waals surface area contributed by atoms with Crippen LogP contribution in [0, 0.1) is 0 Å². The van der Waals surface area contributed by atoms with Crippen molar-refractivity contribution in [3.8, 4) is 5.75 Å². The van der Waals surface area contributed by atoms with Gasteiger partial charge < -0.3 is 15.2 Å². The maximum Gasteiger partial charge on any atom is 0.335 e. The van der Waals surface area contributed by atoms with Gasteiger partial charge >= 0.3 is 5.97 Å². The molecule has 0 fully saturated rings. The summed E-state index contributed by atoms with van der Waals surface area (Å²) in [5, 5.41) is 11.4. The Morgan fingerprint density at radius 2 is 2.27 bits per heavy atom. The van der Waals surface area contributed by atoms with Crippen LogP contribution in [0.1, 0.15) is 17.3 Å². The molecule has 1 atom stereocenters. The number of carbonyl (C=O) groups is 2. The summed E-state index contributed by atoms with van der Waals surface area (Å²) in [6, 6.07) is 4.33. The highest BCUT2D eigenvalue weighted by Gasteiger charge is 2.24. The van der Waals surface area contributed by atoms with Gasteiger partial charge in [0.25, 0.3) is 5.91 Å². The van der Waals surface area contributed by atoms with Gasteiger partial charge in [-0.15, -0.1) is 0 Å². The summed E-state index contributed by atoms with van der Waals surface area (Å²) in [5.74, 6) is -0.862. The number of aromatic carboxylic acids is 1. The number of hydrogen-bond acceptors (Lipinski definition) is 3. The SMILES string of the molecule is CC1Oc2cc(C(=O)O)ccc2NC1=O. The van der Waals surface area contributed by atoms with Gasteiger partial charge in [0, 0.05) is 0 Å². The second-order valence-electron chi connectivity index (χ2n) is 3.27. The second-order valence-corrected chi connectivity index (χ2v) is 3.27. The molecule has 5 heteroatoms. The van der Waals surface area contributed by atoms with Gasteiger partial charge in [-0.25, -0.2) is 4.79 Å². The zero-order valence-corrected chi connectivity index (χ0v) is 7.98. The van der Waals surface area contributed by atoms with Crippen molar-refractivity contribution in [1.29, 1.82) is 0 Å². The first-order valence-electron chi connectivity index (χ1n) is 4.43. The highest BCUT2D eigenvalue weighted by molar-refractivity contribution is 5.98. The molecule has 1 aromatic carbocycles. The Morgan fingerprint density at radius 1 is 1.53 bits per heavy atom. The van der Waals surface area contributed by atoms with Crippen molar-refractivity contribution in [3.63, 3.8) is 0 Å². The third kappa shape index (κ3) is 1.63. The lowest BCUT2D eigenvalue weighted by molar-refractivity contribution is -0.122. The third-order valence-electron chi connectivity index (χ3n) is 2.16. The van der Waals surface area contributed by atoms with E-state index in [0.717, 1.165) is 0 Å². The number of rotatable bonds is 1. The van der Waals surface area contributed by atoms with Gasteiger partial charge in [0.05, 0.1) is 11.3 Å². The summed E-state index contributed by atoms with van der Waals surface area (Å²) in [6.45, 7) is 1.60. The Kier molecular flexibility index (Phi) is 2.07. The number of carbonyl (C=O) groups excluding carboxylic acids is 1. The van der Waals surface area contributed by atoms with Crippen LogP contribution < -0.4 is 10.1 Å². The number of fused-ring (bicyclic) bond motifs is 1. The van der Waals surface area contributed by atoms with Gasteiger partial charge in [-0.05, 0) is 25.1 Å². The van der Waals surface area contributed by atoms with Crippen LogP contribution in [-0.4, -0.2) is 23.1 Å². The average molecular weight is 207 g/mol. The molecule has 0 radical (unpaired) electrons. The first kappa shape index (κ1) is 9.51. The van der Waals surface area contributed by atoms with E-state index in [4.69, 9.17) is 9.84 Å². The Balaban J connectivity index is 2.41. The zero-order valence-electron chi connectivity index (χ0n) is 7.98. The fourth-order valence-corrected chi connectivity index (χ4v) is 1.33. The number of benzene rings is 1. The van der Waals surface area contributed by atoms with E-state index >= 15 is 0 Å². The monoisotopic (exact) mass is 207 g/mol. The molecule has 15 heavy (non-hydrogen) atoms. The summed E-state index contributed by atoms with van der Waals surface area (Å²) < 4.78 is 5.26. The summed E-state index contributed by atoms with van der Waals surface area (Å²) in [5.41, 5.74) is 0.639. The molecule has 2 N–H and O–H groups in total. The summed E-state index contributed by atoms with van der Waals surface area (Å²) in [6.07, 6.45) is -0.596. The first-order chi connectivity index (χ1) is 7.08. The number of carboxylic acids is 1. The van der Waals surface area contributed by atoms with E-state index in [1.807, 2.05) is 0 Å². The number of hydrogen-bond donors (Lipinski definition) is 2. The molecule has 1 aromatic rings. The first-order valence-corrected chi connectivity index (χ1v) is 4.43. The van der Waals surface area contributed by atoms with E-state index in [1.54, 1.807) is 6.92 Å². The predicted octanol–water partition coefficient (Wildman–Crippen LogP) is 1.10. The molecular weight excluding hydrogens is 198 g/mol. The standard InChI is InChI=1S/C10H9NO4/c1-5-9(12)11-7-3-2-6(10(13)14)4-8(7)15-5/h2-5H,1H3,(H,11,12)(H,13,14). The van der Waals surface area contributed by atoms with E-state index in [-0.39, 0.29) is 11.5 Å². The lowest BCUT2D eigenvalue weighted by Gasteiger charge is -2.23. The van der Waals surface area contributed by atoms with Gasteiger partial charge in [0.15, 0.2) is 6.10 Å². The molecule has 1 unspecified atom stereocenters. The minimum atomic E-state index is -1.02. The van der Waals surface area contributed by atoms with Crippen molar-refractivity contribution in [2.75, 3.05) is 5.32 Å². The molecule has 1 aliphatic heterocycles.